The van der Waals surface area contributed by atoms with Crippen LogP contribution in [0.1, 0.15) is 208 Å². The second kappa shape index (κ2) is 32.4. The number of para-hydroxylation sites is 1. The molecule has 8 rings (SSSR count). The number of benzene rings is 2. The van der Waals surface area contributed by atoms with Crippen molar-refractivity contribution in [1.29, 1.82) is 0 Å². The van der Waals surface area contributed by atoms with E-state index in [-0.39, 0.29) is 9.20 Å². The lowest BCUT2D eigenvalue weighted by atomic mass is 9.97. The maximum absolute atomic E-state index is 14.0. The Morgan fingerprint density at radius 3 is 1.62 bits per heavy atom. The maximum atomic E-state index is 14.0. The first-order valence-electron chi connectivity index (χ1n) is 31.7. The normalized spacial score (nSPS) is 13.2. The average molecular weight is 1220 g/mol. The van der Waals surface area contributed by atoms with E-state index in [0.29, 0.717) is 5.92 Å². The number of anilines is 2. The topological polar surface area (TPSA) is 104 Å². The number of unbranched alkanes of at least 4 members (excludes halogenated alkanes) is 13. The fourth-order valence-electron chi connectivity index (χ4n) is 11.9. The molecule has 0 fully saturated rings. The van der Waals surface area contributed by atoms with Crippen LogP contribution in [-0.4, -0.2) is 33.3 Å². The lowest BCUT2D eigenvalue weighted by Crippen LogP contribution is -2.35. The number of carboxylic acids is 2. The molecule has 2 N–H and O–H groups in total. The molecule has 0 saturated carbocycles. The molecule has 6 heterocycles. The molecular weight excluding hydrogens is 1140 g/mol. The van der Waals surface area contributed by atoms with Gasteiger partial charge in [-0.2, -0.15) is 0 Å². The number of hydrogen-bond donors (Lipinski definition) is 2. The number of rotatable bonds is 34. The van der Waals surface area contributed by atoms with Crippen LogP contribution in [0.5, 0.6) is 0 Å². The molecular formula is C71H89N3O5S5. The van der Waals surface area contributed by atoms with Gasteiger partial charge in [0.2, 0.25) is 0 Å². The van der Waals surface area contributed by atoms with E-state index in [2.05, 4.69) is 118 Å². The molecule has 2 aromatic carbocycles. The van der Waals surface area contributed by atoms with Crippen LogP contribution in [0.3, 0.4) is 0 Å². The number of hydrogen-bond acceptors (Lipinski definition) is 9. The van der Waals surface area contributed by atoms with Crippen molar-refractivity contribution in [3.63, 3.8) is 0 Å². The van der Waals surface area contributed by atoms with Gasteiger partial charge in [0.1, 0.15) is 11.2 Å². The van der Waals surface area contributed by atoms with E-state index in [0.717, 1.165) is 121 Å². The Labute approximate surface area is 520 Å². The van der Waals surface area contributed by atoms with Crippen LogP contribution < -0.4 is 19.7 Å². The molecule has 0 amide bonds. The highest BCUT2D eigenvalue weighted by Gasteiger charge is 2.27. The summed E-state index contributed by atoms with van der Waals surface area (Å²) in [6, 6.07) is 26.4. The summed E-state index contributed by atoms with van der Waals surface area (Å²) in [5.41, 5.74) is 11.1. The fraction of sp³-hybridized carbons (Fsp3) is 0.493. The van der Waals surface area contributed by atoms with Crippen LogP contribution in [0.4, 0.5) is 11.4 Å². The molecule has 7 aromatic rings. The van der Waals surface area contributed by atoms with E-state index >= 15 is 0 Å². The van der Waals surface area contributed by atoms with Gasteiger partial charge in [-0.05, 0) is 164 Å². The number of thiazole rings is 1. The van der Waals surface area contributed by atoms with Gasteiger partial charge < -0.3 is 15.1 Å². The quantitative estimate of drug-likeness (QED) is 0.0308. The second-order valence-corrected chi connectivity index (χ2v) is 28.4. The van der Waals surface area contributed by atoms with Crippen LogP contribution in [0.2, 0.25) is 0 Å². The Morgan fingerprint density at radius 1 is 0.583 bits per heavy atom. The Hall–Kier alpha value is -5.36. The Bertz CT molecular complexity index is 3540. The molecule has 0 aliphatic carbocycles. The third-order valence-electron chi connectivity index (χ3n) is 16.7. The summed E-state index contributed by atoms with van der Waals surface area (Å²) < 4.78 is 1.00. The molecule has 8 nitrogen and oxygen atoms in total. The molecule has 0 spiro atoms. The number of carboxylic acid groups (broad SMARTS) is 2. The number of fused-ring (bicyclic) bond motifs is 2. The molecule has 0 bridgehead atoms. The van der Waals surface area contributed by atoms with Gasteiger partial charge in [0.25, 0.3) is 5.56 Å². The van der Waals surface area contributed by atoms with Gasteiger partial charge >= 0.3 is 17.6 Å². The zero-order chi connectivity index (χ0) is 59.5. The predicted octanol–water partition coefficient (Wildman–Crippen LogP) is 19.8. The number of aryl methyl sites for hydroxylation is 6. The lowest BCUT2D eigenvalue weighted by Gasteiger charge is -2.31. The summed E-state index contributed by atoms with van der Waals surface area (Å²) in [7, 11) is 0. The molecule has 1 aliphatic heterocycles. The minimum Gasteiger partial charge on any atom is -0.486 e. The molecule has 1 atom stereocenters. The third kappa shape index (κ3) is 16.4. The highest BCUT2D eigenvalue weighted by molar-refractivity contribution is 7.29. The van der Waals surface area contributed by atoms with Crippen molar-refractivity contribution < 1.29 is 19.8 Å². The summed E-state index contributed by atoms with van der Waals surface area (Å²) in [6.07, 6.45) is 31.3. The Kier molecular flexibility index (Phi) is 24.9. The van der Waals surface area contributed by atoms with Crippen molar-refractivity contribution in [1.82, 2.24) is 4.57 Å². The van der Waals surface area contributed by atoms with E-state index in [4.69, 9.17) is 6.57 Å². The molecule has 1 unspecified atom stereocenters. The van der Waals surface area contributed by atoms with Crippen LogP contribution in [0, 0.1) is 12.5 Å². The summed E-state index contributed by atoms with van der Waals surface area (Å²) in [4.78, 5) is 54.3. The van der Waals surface area contributed by atoms with Crippen molar-refractivity contribution in [2.75, 3.05) is 11.4 Å². The SMILES string of the molecule is [C-]#[N+]/C(C(=O)O)=c1\sc(=Cc2sc(-c3sc(-c4sc(-c5sc(-c6ccc7c(c6)CCc6ccccc6N7CC(CC)CCCC)cc5CCCCCC)cc4CCCCCC)cc3CCCCCC)cc2CCCCCC)c(=O)n1CC(=O)O. The zero-order valence-electron chi connectivity index (χ0n) is 50.8. The van der Waals surface area contributed by atoms with Crippen LogP contribution in [0.15, 0.2) is 71.5 Å². The summed E-state index contributed by atoms with van der Waals surface area (Å²) in [5.74, 6) is -2.13. The Morgan fingerprint density at radius 2 is 1.08 bits per heavy atom. The minimum absolute atomic E-state index is 0.150. The van der Waals surface area contributed by atoms with Gasteiger partial charge in [-0.3, -0.25) is 19.0 Å². The largest absolute Gasteiger partial charge is 0.486 e. The van der Waals surface area contributed by atoms with Gasteiger partial charge in [0.15, 0.2) is 0 Å². The predicted molar refractivity (Wildman–Crippen MR) is 362 cm³/mol. The maximum Gasteiger partial charge on any atom is 0.336 e. The Balaban J connectivity index is 1.24. The molecule has 5 aromatic heterocycles. The fourth-order valence-corrected chi connectivity index (χ4v) is 18.3. The number of aliphatic carboxylic acids is 2. The van der Waals surface area contributed by atoms with E-state index in [9.17, 15) is 24.6 Å². The monoisotopic (exact) mass is 1220 g/mol. The number of thiophene rings is 4. The van der Waals surface area contributed by atoms with Crippen molar-refractivity contribution >= 4 is 91.8 Å². The van der Waals surface area contributed by atoms with Crippen LogP contribution in [0.25, 0.3) is 56.3 Å². The van der Waals surface area contributed by atoms with Gasteiger partial charge in [-0.25, -0.2) is 4.85 Å². The van der Waals surface area contributed by atoms with E-state index in [1.54, 1.807) is 11.3 Å². The highest BCUT2D eigenvalue weighted by Crippen LogP contribution is 2.51. The highest BCUT2D eigenvalue weighted by atomic mass is 32.1. The molecule has 0 radical (unpaired) electrons. The average Bonchev–Trinajstić information content (AvgIpc) is 2.89. The summed E-state index contributed by atoms with van der Waals surface area (Å²) in [6.45, 7) is 21.7. The minimum atomic E-state index is -1.49. The standard InChI is InChI=1S/C71H89N3O5S5/c1-8-14-19-23-31-51-41-60(80-59(51)45-63-69(77)74(47-64(75)76)70(84-63)65(72-7)71(78)79)66-54(33-25-21-16-10-3)43-62(82-66)68-55(34-26-22-17-11-4)44-61(83-68)67-53(32-24-20-15-9-2)42-58(81-67)52-38-39-57-50(40-52)37-36-49-30-27-28-35-56(49)73(57)46-48(13-6)29-18-12-5/h27-28,30,35,38-45,48H,8-26,29,31-34,36-37,46-47H2,1-6H3,(H,75,76)(H,78,79)/b63-45?,70-65-. The molecule has 84 heavy (non-hydrogen) atoms. The third-order valence-corrected chi connectivity index (χ3v) is 23.1. The summed E-state index contributed by atoms with van der Waals surface area (Å²) >= 11 is 8.43. The van der Waals surface area contributed by atoms with Crippen LogP contribution >= 0.6 is 56.7 Å². The van der Waals surface area contributed by atoms with Gasteiger partial charge in [-0.1, -0.05) is 162 Å². The number of aromatic nitrogens is 1. The molecule has 13 heteroatoms. The molecule has 1 aliphatic rings. The van der Waals surface area contributed by atoms with Crippen molar-refractivity contribution in [3.05, 3.63) is 136 Å². The van der Waals surface area contributed by atoms with Crippen molar-refractivity contribution in [2.24, 2.45) is 5.92 Å². The van der Waals surface area contributed by atoms with E-state index in [1.165, 1.54) is 157 Å². The van der Waals surface area contributed by atoms with E-state index < -0.39 is 29.7 Å². The lowest BCUT2D eigenvalue weighted by molar-refractivity contribution is -0.138. The molecule has 448 valence electrons. The van der Waals surface area contributed by atoms with Crippen LogP contribution in [-0.2, 0) is 54.7 Å². The number of carbonyl (C=O) groups is 2. The van der Waals surface area contributed by atoms with Gasteiger partial charge in [0, 0.05) is 56.9 Å². The first-order valence-corrected chi connectivity index (χ1v) is 35.8. The van der Waals surface area contributed by atoms with Crippen molar-refractivity contribution in [3.8, 4) is 39.7 Å². The number of nitrogens with zero attached hydrogens (tertiary/aromatic N) is 3. The second-order valence-electron chi connectivity index (χ2n) is 23.1. The first-order chi connectivity index (χ1) is 40.9. The van der Waals surface area contributed by atoms with Gasteiger partial charge in [-0.15, -0.1) is 56.7 Å². The molecule has 0 saturated heterocycles. The van der Waals surface area contributed by atoms with Gasteiger partial charge in [0.05, 0.1) is 11.1 Å². The zero-order valence-corrected chi connectivity index (χ0v) is 54.9. The van der Waals surface area contributed by atoms with Crippen molar-refractivity contribution in [2.45, 2.75) is 215 Å². The smallest absolute Gasteiger partial charge is 0.336 e. The summed E-state index contributed by atoms with van der Waals surface area (Å²) in [5, 5.41) is 19.7. The van der Waals surface area contributed by atoms with E-state index in [1.807, 2.05) is 40.1 Å². The first kappa shape index (κ1) is 64.6.